The van der Waals surface area contributed by atoms with Crippen LogP contribution in [0.1, 0.15) is 30.0 Å². The second-order valence-electron chi connectivity index (χ2n) is 6.93. The maximum atomic E-state index is 6.10. The lowest BCUT2D eigenvalue weighted by atomic mass is 9.96. The summed E-state index contributed by atoms with van der Waals surface area (Å²) in [7, 11) is 0. The molecule has 0 saturated carbocycles. The Balaban J connectivity index is 1.66. The molecule has 3 nitrogen and oxygen atoms in total. The van der Waals surface area contributed by atoms with E-state index < -0.39 is 0 Å². The molecule has 132 valence electrons. The molecule has 2 heterocycles. The molecule has 0 spiro atoms. The van der Waals surface area contributed by atoms with Crippen molar-refractivity contribution in [1.82, 2.24) is 9.80 Å². The van der Waals surface area contributed by atoms with E-state index >= 15 is 0 Å². The van der Waals surface area contributed by atoms with Crippen molar-refractivity contribution in [2.45, 2.75) is 18.9 Å². The highest BCUT2D eigenvalue weighted by atomic mass is 127. The number of nitrogens with zero attached hydrogens (tertiary/aromatic N) is 2. The zero-order chi connectivity index (χ0) is 17.1. The lowest BCUT2D eigenvalue weighted by Gasteiger charge is -2.32. The number of likely N-dealkylation sites (tertiary alicyclic amines) is 1. The van der Waals surface area contributed by atoms with Crippen molar-refractivity contribution in [3.05, 3.63) is 63.2 Å². The van der Waals surface area contributed by atoms with Crippen molar-refractivity contribution < 1.29 is 4.74 Å². The minimum absolute atomic E-state index is 0.274. The summed E-state index contributed by atoms with van der Waals surface area (Å²) in [6.45, 7) is 6.50. The van der Waals surface area contributed by atoms with Crippen LogP contribution in [0, 0.1) is 3.57 Å². The van der Waals surface area contributed by atoms with Crippen LogP contribution in [0.5, 0.6) is 5.75 Å². The molecule has 2 aliphatic heterocycles. The van der Waals surface area contributed by atoms with Crippen molar-refractivity contribution in [3.8, 4) is 5.75 Å². The Bertz CT molecular complexity index is 700. The molecule has 2 aliphatic rings. The number of benzene rings is 2. The number of ether oxygens (including phenoxy) is 1. The smallest absolute Gasteiger partial charge is 0.124 e. The number of hydrogen-bond acceptors (Lipinski definition) is 3. The fourth-order valence-electron chi connectivity index (χ4n) is 4.01. The van der Waals surface area contributed by atoms with Gasteiger partial charge in [0.1, 0.15) is 12.4 Å². The molecule has 1 saturated heterocycles. The van der Waals surface area contributed by atoms with Gasteiger partial charge in [-0.1, -0.05) is 30.3 Å². The van der Waals surface area contributed by atoms with Gasteiger partial charge < -0.3 is 9.64 Å². The number of hydrogen-bond donors (Lipinski definition) is 0. The zero-order valence-corrected chi connectivity index (χ0v) is 16.7. The fourth-order valence-corrected chi connectivity index (χ4v) is 4.52. The molecule has 1 atom stereocenters. The van der Waals surface area contributed by atoms with Crippen LogP contribution in [-0.2, 0) is 0 Å². The van der Waals surface area contributed by atoms with Gasteiger partial charge in [0.15, 0.2) is 0 Å². The molecule has 4 rings (SSSR count). The predicted molar refractivity (Wildman–Crippen MR) is 110 cm³/mol. The number of rotatable bonds is 4. The third-order valence-corrected chi connectivity index (χ3v) is 5.96. The van der Waals surface area contributed by atoms with Crippen molar-refractivity contribution in [3.63, 3.8) is 0 Å². The molecular weight excluding hydrogens is 423 g/mol. The first kappa shape index (κ1) is 17.3. The van der Waals surface area contributed by atoms with Gasteiger partial charge in [0.25, 0.3) is 0 Å². The molecule has 1 unspecified atom stereocenters. The molecule has 0 amide bonds. The molecule has 2 aromatic rings. The van der Waals surface area contributed by atoms with Crippen LogP contribution in [0.25, 0.3) is 0 Å². The Hall–Kier alpha value is -1.11. The lowest BCUT2D eigenvalue weighted by Crippen LogP contribution is -2.37. The Morgan fingerprint density at radius 3 is 2.56 bits per heavy atom. The minimum atomic E-state index is 0.274. The molecule has 25 heavy (non-hydrogen) atoms. The minimum Gasteiger partial charge on any atom is -0.492 e. The van der Waals surface area contributed by atoms with E-state index in [-0.39, 0.29) is 6.04 Å². The molecule has 0 N–H and O–H groups in total. The van der Waals surface area contributed by atoms with Gasteiger partial charge >= 0.3 is 0 Å². The van der Waals surface area contributed by atoms with Gasteiger partial charge in [0.05, 0.1) is 6.04 Å². The molecule has 2 aromatic carbocycles. The Kier molecular flexibility index (Phi) is 5.58. The maximum absolute atomic E-state index is 6.10. The average Bonchev–Trinajstić information content (AvgIpc) is 3.09. The van der Waals surface area contributed by atoms with Gasteiger partial charge in [0, 0.05) is 28.8 Å². The second kappa shape index (κ2) is 8.06. The fraction of sp³-hybridized carbons (Fsp3) is 0.429. The average molecular weight is 448 g/mol. The van der Waals surface area contributed by atoms with Gasteiger partial charge in [0.2, 0.25) is 0 Å². The molecule has 0 radical (unpaired) electrons. The lowest BCUT2D eigenvalue weighted by molar-refractivity contribution is 0.177. The molecular formula is C21H25IN2O. The summed E-state index contributed by atoms with van der Waals surface area (Å²) in [6.07, 6.45) is 2.71. The third kappa shape index (κ3) is 4.01. The van der Waals surface area contributed by atoms with E-state index in [2.05, 4.69) is 80.9 Å². The maximum Gasteiger partial charge on any atom is 0.124 e. The van der Waals surface area contributed by atoms with Gasteiger partial charge in [-0.3, -0.25) is 4.90 Å². The zero-order valence-electron chi connectivity index (χ0n) is 14.5. The highest BCUT2D eigenvalue weighted by Crippen LogP contribution is 2.37. The van der Waals surface area contributed by atoms with Crippen molar-refractivity contribution >= 4 is 22.6 Å². The first-order valence-electron chi connectivity index (χ1n) is 9.25. The quantitative estimate of drug-likeness (QED) is 0.654. The number of halogens is 1. The molecule has 0 bridgehead atoms. The summed E-state index contributed by atoms with van der Waals surface area (Å²) >= 11 is 2.40. The van der Waals surface area contributed by atoms with Gasteiger partial charge in [-0.15, -0.1) is 0 Å². The summed E-state index contributed by atoms with van der Waals surface area (Å²) in [5.41, 5.74) is 2.66. The second-order valence-corrected chi connectivity index (χ2v) is 8.17. The number of fused-ring (bicyclic) bond motifs is 1. The van der Waals surface area contributed by atoms with Crippen molar-refractivity contribution in [1.29, 1.82) is 0 Å². The topological polar surface area (TPSA) is 15.7 Å². The highest BCUT2D eigenvalue weighted by molar-refractivity contribution is 14.1. The van der Waals surface area contributed by atoms with Crippen LogP contribution >= 0.6 is 22.6 Å². The SMILES string of the molecule is Ic1ccc2c(c1)C(c1ccccc1)N(CCN1CCCC1)CCO2. The summed E-state index contributed by atoms with van der Waals surface area (Å²) in [5, 5.41) is 0. The van der Waals surface area contributed by atoms with E-state index in [0.29, 0.717) is 0 Å². The van der Waals surface area contributed by atoms with Gasteiger partial charge in [-0.2, -0.15) is 0 Å². The van der Waals surface area contributed by atoms with Crippen LogP contribution in [0.15, 0.2) is 48.5 Å². The Morgan fingerprint density at radius 1 is 0.960 bits per heavy atom. The summed E-state index contributed by atoms with van der Waals surface area (Å²) in [6, 6.07) is 17.7. The van der Waals surface area contributed by atoms with Gasteiger partial charge in [-0.05, 0) is 72.3 Å². The van der Waals surface area contributed by atoms with E-state index in [1.165, 1.54) is 40.6 Å². The normalized spacial score (nSPS) is 21.6. The van der Waals surface area contributed by atoms with Crippen LogP contribution < -0.4 is 4.74 Å². The van der Waals surface area contributed by atoms with Gasteiger partial charge in [-0.25, -0.2) is 0 Å². The van der Waals surface area contributed by atoms with Crippen LogP contribution in [0.4, 0.5) is 0 Å². The highest BCUT2D eigenvalue weighted by Gasteiger charge is 2.28. The monoisotopic (exact) mass is 448 g/mol. The first-order chi connectivity index (χ1) is 12.3. The first-order valence-corrected chi connectivity index (χ1v) is 10.3. The van der Waals surface area contributed by atoms with E-state index in [1.54, 1.807) is 0 Å². The van der Waals surface area contributed by atoms with Crippen LogP contribution in [0.3, 0.4) is 0 Å². The largest absolute Gasteiger partial charge is 0.492 e. The Morgan fingerprint density at radius 2 is 1.76 bits per heavy atom. The Labute approximate surface area is 164 Å². The van der Waals surface area contributed by atoms with E-state index in [0.717, 1.165) is 32.0 Å². The summed E-state index contributed by atoms with van der Waals surface area (Å²) in [5.74, 6) is 1.04. The van der Waals surface area contributed by atoms with Crippen LogP contribution in [0.2, 0.25) is 0 Å². The molecule has 4 heteroatoms. The molecule has 0 aromatic heterocycles. The predicted octanol–water partition coefficient (Wildman–Crippen LogP) is 4.17. The van der Waals surface area contributed by atoms with E-state index in [9.17, 15) is 0 Å². The van der Waals surface area contributed by atoms with Crippen molar-refractivity contribution in [2.75, 3.05) is 39.3 Å². The molecule has 0 aliphatic carbocycles. The van der Waals surface area contributed by atoms with Crippen LogP contribution in [-0.4, -0.2) is 49.1 Å². The van der Waals surface area contributed by atoms with Crippen molar-refractivity contribution in [2.24, 2.45) is 0 Å². The summed E-state index contributed by atoms with van der Waals surface area (Å²) in [4.78, 5) is 5.21. The standard InChI is InChI=1S/C21H25IN2O/c22-18-8-9-20-19(16-18)21(17-6-2-1-3-7-17)24(14-15-25-20)13-12-23-10-4-5-11-23/h1-3,6-9,16,21H,4-5,10-15H2. The molecule has 1 fully saturated rings. The summed E-state index contributed by atoms with van der Waals surface area (Å²) < 4.78 is 7.36. The van der Waals surface area contributed by atoms with E-state index in [4.69, 9.17) is 4.74 Å². The third-order valence-electron chi connectivity index (χ3n) is 5.29. The van der Waals surface area contributed by atoms with E-state index in [1.807, 2.05) is 0 Å².